The maximum absolute atomic E-state index is 12.9. The van der Waals surface area contributed by atoms with E-state index in [-0.39, 0.29) is 22.6 Å². The van der Waals surface area contributed by atoms with Gasteiger partial charge >= 0.3 is 0 Å². The molecule has 1 aromatic rings. The van der Waals surface area contributed by atoms with Crippen LogP contribution in [0.2, 0.25) is 0 Å². The van der Waals surface area contributed by atoms with Gasteiger partial charge in [-0.3, -0.25) is 9.59 Å². The second-order valence-corrected chi connectivity index (χ2v) is 8.94. The van der Waals surface area contributed by atoms with Crippen molar-refractivity contribution in [1.82, 2.24) is 14.1 Å². The third-order valence-electron chi connectivity index (χ3n) is 5.27. The van der Waals surface area contributed by atoms with Crippen LogP contribution in [-0.4, -0.2) is 73.6 Å². The Hall–Kier alpha value is -1.93. The fourth-order valence-electron chi connectivity index (χ4n) is 3.35. The van der Waals surface area contributed by atoms with E-state index in [1.54, 1.807) is 21.9 Å². The summed E-state index contributed by atoms with van der Waals surface area (Å²) in [6.45, 7) is 6.53. The molecule has 0 atom stereocenters. The molecule has 3 rings (SSSR count). The van der Waals surface area contributed by atoms with Gasteiger partial charge in [0.1, 0.15) is 0 Å². The smallest absolute Gasteiger partial charge is 0.253 e. The van der Waals surface area contributed by atoms with Crippen molar-refractivity contribution in [3.05, 3.63) is 29.8 Å². The van der Waals surface area contributed by atoms with Gasteiger partial charge in [0.2, 0.25) is 15.9 Å². The summed E-state index contributed by atoms with van der Waals surface area (Å²) in [7, 11) is -3.62. The molecule has 1 aliphatic heterocycles. The third-order valence-corrected chi connectivity index (χ3v) is 7.18. The zero-order valence-electron chi connectivity index (χ0n) is 15.9. The molecular weight excluding hydrogens is 366 g/mol. The second kappa shape index (κ2) is 7.98. The maximum atomic E-state index is 12.9. The van der Waals surface area contributed by atoms with Crippen LogP contribution in [0.4, 0.5) is 0 Å². The van der Waals surface area contributed by atoms with Crippen molar-refractivity contribution < 1.29 is 18.0 Å². The topological polar surface area (TPSA) is 78.0 Å². The van der Waals surface area contributed by atoms with Gasteiger partial charge in [0.05, 0.1) is 4.90 Å². The van der Waals surface area contributed by atoms with Crippen LogP contribution >= 0.6 is 0 Å². The van der Waals surface area contributed by atoms with E-state index in [2.05, 4.69) is 0 Å². The number of nitrogens with zero attached hydrogens (tertiary/aromatic N) is 3. The van der Waals surface area contributed by atoms with Gasteiger partial charge in [-0.05, 0) is 51.0 Å². The number of hydrogen-bond donors (Lipinski definition) is 0. The summed E-state index contributed by atoms with van der Waals surface area (Å²) < 4.78 is 27.2. The fourth-order valence-corrected chi connectivity index (χ4v) is 4.77. The van der Waals surface area contributed by atoms with Crippen LogP contribution < -0.4 is 0 Å². The van der Waals surface area contributed by atoms with E-state index in [1.165, 1.54) is 16.4 Å². The Kier molecular flexibility index (Phi) is 5.86. The first kappa shape index (κ1) is 19.8. The number of benzene rings is 1. The van der Waals surface area contributed by atoms with Gasteiger partial charge in [-0.1, -0.05) is 0 Å². The van der Waals surface area contributed by atoms with Crippen molar-refractivity contribution in [3.63, 3.8) is 0 Å². The monoisotopic (exact) mass is 393 g/mol. The Balaban J connectivity index is 1.66. The molecule has 2 amide bonds. The van der Waals surface area contributed by atoms with Crippen LogP contribution in [0.3, 0.4) is 0 Å². The predicted molar refractivity (Wildman–Crippen MR) is 102 cm³/mol. The molecule has 1 saturated heterocycles. The van der Waals surface area contributed by atoms with Crippen LogP contribution in [0, 0.1) is 5.92 Å². The average Bonchev–Trinajstić information content (AvgIpc) is 3.54. The number of carbonyl (C=O) groups is 2. The maximum Gasteiger partial charge on any atom is 0.253 e. The van der Waals surface area contributed by atoms with Crippen LogP contribution in [0.15, 0.2) is 29.2 Å². The van der Waals surface area contributed by atoms with Crippen molar-refractivity contribution in [3.8, 4) is 0 Å². The quantitative estimate of drug-likeness (QED) is 0.732. The van der Waals surface area contributed by atoms with Gasteiger partial charge < -0.3 is 9.80 Å². The van der Waals surface area contributed by atoms with Gasteiger partial charge in [0.25, 0.3) is 5.91 Å². The summed E-state index contributed by atoms with van der Waals surface area (Å²) >= 11 is 0. The lowest BCUT2D eigenvalue weighted by atomic mass is 10.2. The molecule has 0 unspecified atom stereocenters. The molecule has 0 bridgehead atoms. The van der Waals surface area contributed by atoms with Crippen LogP contribution in [0.25, 0.3) is 0 Å². The summed E-state index contributed by atoms with van der Waals surface area (Å²) in [5.41, 5.74) is 0.484. The molecule has 8 heteroatoms. The van der Waals surface area contributed by atoms with E-state index in [1.807, 2.05) is 13.8 Å². The minimum Gasteiger partial charge on any atom is -0.340 e. The molecule has 7 nitrogen and oxygen atoms in total. The highest BCUT2D eigenvalue weighted by molar-refractivity contribution is 7.89. The molecule has 0 spiro atoms. The molecule has 1 aliphatic carbocycles. The SMILES string of the molecule is CCN(CC)C(=O)c1ccc(S(=O)(=O)N2CCN(C(=O)C3CC3)CC2)cc1. The molecule has 0 aromatic heterocycles. The van der Waals surface area contributed by atoms with Crippen LogP contribution in [-0.2, 0) is 14.8 Å². The van der Waals surface area contributed by atoms with Gasteiger partial charge in [0.15, 0.2) is 0 Å². The number of hydrogen-bond acceptors (Lipinski definition) is 4. The highest BCUT2D eigenvalue weighted by Gasteiger charge is 2.36. The van der Waals surface area contributed by atoms with E-state index >= 15 is 0 Å². The Morgan fingerprint density at radius 2 is 1.56 bits per heavy atom. The fraction of sp³-hybridized carbons (Fsp3) is 0.579. The van der Waals surface area contributed by atoms with E-state index in [9.17, 15) is 18.0 Å². The molecule has 1 saturated carbocycles. The van der Waals surface area contributed by atoms with Gasteiger partial charge in [-0.15, -0.1) is 0 Å². The number of rotatable bonds is 6. The third kappa shape index (κ3) is 4.16. The number of amides is 2. The second-order valence-electron chi connectivity index (χ2n) is 7.01. The molecule has 1 aromatic carbocycles. The minimum atomic E-state index is -3.62. The van der Waals surface area contributed by atoms with Crippen molar-refractivity contribution in [2.24, 2.45) is 5.92 Å². The summed E-state index contributed by atoms with van der Waals surface area (Å²) in [4.78, 5) is 28.1. The van der Waals surface area contributed by atoms with E-state index in [4.69, 9.17) is 0 Å². The Morgan fingerprint density at radius 1 is 1.00 bits per heavy atom. The first-order valence-corrected chi connectivity index (χ1v) is 11.0. The number of carbonyl (C=O) groups excluding carboxylic acids is 2. The molecule has 0 radical (unpaired) electrons. The molecule has 0 N–H and O–H groups in total. The summed E-state index contributed by atoms with van der Waals surface area (Å²) in [5, 5.41) is 0. The van der Waals surface area contributed by atoms with Crippen LogP contribution in [0.1, 0.15) is 37.0 Å². The van der Waals surface area contributed by atoms with Crippen molar-refractivity contribution in [1.29, 1.82) is 0 Å². The summed E-state index contributed by atoms with van der Waals surface area (Å²) in [6, 6.07) is 6.13. The Morgan fingerprint density at radius 3 is 2.04 bits per heavy atom. The van der Waals surface area contributed by atoms with Crippen molar-refractivity contribution >= 4 is 21.8 Å². The van der Waals surface area contributed by atoms with Crippen molar-refractivity contribution in [2.75, 3.05) is 39.3 Å². The van der Waals surface area contributed by atoms with Crippen LogP contribution in [0.5, 0.6) is 0 Å². The highest BCUT2D eigenvalue weighted by atomic mass is 32.2. The summed E-state index contributed by atoms with van der Waals surface area (Å²) in [5.74, 6) is 0.214. The number of sulfonamides is 1. The van der Waals surface area contributed by atoms with Gasteiger partial charge in [-0.2, -0.15) is 4.31 Å². The normalized spacial score (nSPS) is 18.4. The van der Waals surface area contributed by atoms with Crippen molar-refractivity contribution in [2.45, 2.75) is 31.6 Å². The van der Waals surface area contributed by atoms with E-state index < -0.39 is 10.0 Å². The molecule has 27 heavy (non-hydrogen) atoms. The highest BCUT2D eigenvalue weighted by Crippen LogP contribution is 2.31. The first-order chi connectivity index (χ1) is 12.9. The zero-order chi connectivity index (χ0) is 19.6. The molecule has 2 aliphatic rings. The standard InChI is InChI=1S/C19H27N3O4S/c1-3-20(4-2)18(23)16-7-9-17(10-8-16)27(25,26)22-13-11-21(12-14-22)19(24)15-5-6-15/h7-10,15H,3-6,11-14H2,1-2H3. The number of piperazine rings is 1. The Labute approximate surface area is 161 Å². The minimum absolute atomic E-state index is 0.101. The molecule has 148 valence electrons. The first-order valence-electron chi connectivity index (χ1n) is 9.56. The molecular formula is C19H27N3O4S. The molecule has 2 fully saturated rings. The van der Waals surface area contributed by atoms with E-state index in [0.717, 1.165) is 12.8 Å². The largest absolute Gasteiger partial charge is 0.340 e. The molecule has 1 heterocycles. The lowest BCUT2D eigenvalue weighted by Gasteiger charge is -2.34. The lowest BCUT2D eigenvalue weighted by molar-refractivity contribution is -0.133. The van der Waals surface area contributed by atoms with Gasteiger partial charge in [0, 0.05) is 50.7 Å². The predicted octanol–water partition coefficient (Wildman–Crippen LogP) is 1.41. The zero-order valence-corrected chi connectivity index (χ0v) is 16.7. The van der Waals surface area contributed by atoms with E-state index in [0.29, 0.717) is 44.8 Å². The Bertz CT molecular complexity index is 791. The van der Waals surface area contributed by atoms with Gasteiger partial charge in [-0.25, -0.2) is 8.42 Å². The average molecular weight is 394 g/mol. The summed E-state index contributed by atoms with van der Waals surface area (Å²) in [6.07, 6.45) is 1.91. The lowest BCUT2D eigenvalue weighted by Crippen LogP contribution is -2.50.